The number of ketones is 1. The first kappa shape index (κ1) is 20.2. The maximum absolute atomic E-state index is 12.6. The Balaban J connectivity index is 1.48. The smallest absolute Gasteiger partial charge is 0.192 e. The van der Waals surface area contributed by atoms with E-state index in [2.05, 4.69) is 23.7 Å². The van der Waals surface area contributed by atoms with E-state index in [0.29, 0.717) is 35.4 Å². The van der Waals surface area contributed by atoms with Crippen molar-refractivity contribution < 1.29 is 14.3 Å². The van der Waals surface area contributed by atoms with E-state index in [1.54, 1.807) is 6.08 Å². The lowest BCUT2D eigenvalue weighted by molar-refractivity contribution is 0.0821. The number of rotatable bonds is 8. The van der Waals surface area contributed by atoms with Crippen molar-refractivity contribution in [1.82, 2.24) is 14.8 Å². The van der Waals surface area contributed by atoms with Crippen molar-refractivity contribution >= 4 is 17.5 Å². The summed E-state index contributed by atoms with van der Waals surface area (Å²) in [7, 11) is 0. The summed E-state index contributed by atoms with van der Waals surface area (Å²) in [5.74, 6) is 2.40. The summed E-state index contributed by atoms with van der Waals surface area (Å²) in [4.78, 5) is 12.6. The Morgan fingerprint density at radius 2 is 1.97 bits per heavy atom. The zero-order valence-electron chi connectivity index (χ0n) is 16.8. The summed E-state index contributed by atoms with van der Waals surface area (Å²) in [5, 5.41) is 9.29. The number of hydrogen-bond donors (Lipinski definition) is 0. The zero-order chi connectivity index (χ0) is 20.9. The molecule has 0 fully saturated rings. The number of thioether (sulfide) groups is 1. The van der Waals surface area contributed by atoms with Crippen LogP contribution in [0.5, 0.6) is 11.5 Å². The maximum atomic E-state index is 12.6. The van der Waals surface area contributed by atoms with Crippen LogP contribution in [0.25, 0.3) is 0 Å². The summed E-state index contributed by atoms with van der Waals surface area (Å²) >= 11 is 1.37. The topological polar surface area (TPSA) is 66.2 Å². The second kappa shape index (κ2) is 9.17. The predicted octanol–water partition coefficient (Wildman–Crippen LogP) is 4.51. The Hall–Kier alpha value is -3.06. The quantitative estimate of drug-likeness (QED) is 0.303. The number of allylic oxidation sites excluding steroid dienone is 1. The number of hydrogen-bond acceptors (Lipinski definition) is 6. The van der Waals surface area contributed by atoms with E-state index in [9.17, 15) is 4.79 Å². The average Bonchev–Trinajstić information content (AvgIpc) is 3.20. The van der Waals surface area contributed by atoms with Crippen molar-refractivity contribution in [3.8, 4) is 11.5 Å². The van der Waals surface area contributed by atoms with Gasteiger partial charge in [0.1, 0.15) is 6.61 Å². The Bertz CT molecular complexity index is 1050. The van der Waals surface area contributed by atoms with Crippen LogP contribution in [0.2, 0.25) is 0 Å². The van der Waals surface area contributed by atoms with Gasteiger partial charge in [0.25, 0.3) is 0 Å². The number of aromatic nitrogens is 3. The first-order valence-corrected chi connectivity index (χ1v) is 10.9. The third-order valence-electron chi connectivity index (χ3n) is 4.87. The minimum absolute atomic E-state index is 0.0588. The maximum Gasteiger partial charge on any atom is 0.192 e. The van der Waals surface area contributed by atoms with Crippen LogP contribution in [0.4, 0.5) is 0 Å². The Kier molecular flexibility index (Phi) is 6.18. The molecule has 0 radical (unpaired) electrons. The molecule has 4 rings (SSSR count). The lowest BCUT2D eigenvalue weighted by Crippen LogP contribution is -2.25. The Morgan fingerprint density at radius 3 is 2.70 bits per heavy atom. The molecule has 0 spiro atoms. The third kappa shape index (κ3) is 4.26. The number of benzene rings is 2. The number of nitrogens with zero attached hydrogens (tertiary/aromatic N) is 3. The van der Waals surface area contributed by atoms with Crippen LogP contribution in [-0.4, -0.2) is 32.9 Å². The summed E-state index contributed by atoms with van der Waals surface area (Å²) in [6.45, 7) is 6.79. The van der Waals surface area contributed by atoms with Gasteiger partial charge in [-0.25, -0.2) is 0 Å². The van der Waals surface area contributed by atoms with Crippen molar-refractivity contribution in [3.63, 3.8) is 0 Å². The fourth-order valence-corrected chi connectivity index (χ4v) is 4.08. The molecule has 1 aromatic heterocycles. The molecule has 2 aromatic carbocycles. The first-order valence-electron chi connectivity index (χ1n) is 9.87. The highest BCUT2D eigenvalue weighted by Crippen LogP contribution is 2.36. The minimum atomic E-state index is -0.376. The van der Waals surface area contributed by atoms with E-state index in [-0.39, 0.29) is 17.6 Å². The van der Waals surface area contributed by atoms with Gasteiger partial charge in [0.2, 0.25) is 0 Å². The summed E-state index contributed by atoms with van der Waals surface area (Å²) in [6.07, 6.45) is 2.35. The van der Waals surface area contributed by atoms with Crippen molar-refractivity contribution in [1.29, 1.82) is 0 Å². The van der Waals surface area contributed by atoms with Gasteiger partial charge >= 0.3 is 0 Å². The molecule has 1 atom stereocenters. The zero-order valence-corrected chi connectivity index (χ0v) is 17.6. The summed E-state index contributed by atoms with van der Waals surface area (Å²) < 4.78 is 13.8. The van der Waals surface area contributed by atoms with Gasteiger partial charge in [-0.05, 0) is 24.1 Å². The minimum Gasteiger partial charge on any atom is -0.485 e. The number of fused-ring (bicyclic) bond motifs is 1. The third-order valence-corrected chi connectivity index (χ3v) is 5.84. The van der Waals surface area contributed by atoms with E-state index in [1.165, 1.54) is 17.3 Å². The number of para-hydroxylation sites is 2. The van der Waals surface area contributed by atoms with Crippen molar-refractivity contribution in [2.75, 3.05) is 12.4 Å². The lowest BCUT2D eigenvalue weighted by atomic mass is 10.1. The lowest BCUT2D eigenvalue weighted by Gasteiger charge is -2.26. The molecule has 0 N–H and O–H groups in total. The molecule has 0 amide bonds. The normalized spacial score (nSPS) is 15.0. The molecule has 3 aromatic rings. The van der Waals surface area contributed by atoms with Crippen LogP contribution in [0.1, 0.15) is 34.8 Å². The van der Waals surface area contributed by atoms with Gasteiger partial charge in [-0.3, -0.25) is 9.36 Å². The van der Waals surface area contributed by atoms with Gasteiger partial charge in [-0.2, -0.15) is 0 Å². The van der Waals surface area contributed by atoms with Crippen LogP contribution in [0.3, 0.4) is 0 Å². The van der Waals surface area contributed by atoms with E-state index < -0.39 is 0 Å². The molecular weight excluding hydrogens is 398 g/mol. The van der Waals surface area contributed by atoms with Gasteiger partial charge in [0, 0.05) is 12.1 Å². The molecule has 0 bridgehead atoms. The van der Waals surface area contributed by atoms with Gasteiger partial charge in [-0.15, -0.1) is 16.8 Å². The van der Waals surface area contributed by atoms with Gasteiger partial charge in [0.05, 0.1) is 5.75 Å². The molecule has 1 aliphatic heterocycles. The van der Waals surface area contributed by atoms with Crippen molar-refractivity contribution in [3.05, 3.63) is 78.1 Å². The SMILES string of the molecule is C=CCn1c(SCC(=O)c2ccc(CC)cc2)nnc1[C@@H]1COc2ccccc2O1. The molecule has 0 aliphatic carbocycles. The standard InChI is InChI=1S/C23H23N3O3S/c1-3-13-26-22(21-14-28-19-7-5-6-8-20(19)29-21)24-25-23(26)30-15-18(27)17-11-9-16(4-2)10-12-17/h3,5-12,21H,1,4,13-15H2,2H3/t21-/m0/s1. The molecule has 30 heavy (non-hydrogen) atoms. The highest BCUT2D eigenvalue weighted by Gasteiger charge is 2.28. The highest BCUT2D eigenvalue weighted by molar-refractivity contribution is 7.99. The monoisotopic (exact) mass is 421 g/mol. The number of carbonyl (C=O) groups is 1. The van der Waals surface area contributed by atoms with Crippen molar-refractivity contribution in [2.24, 2.45) is 0 Å². The molecular formula is C23H23N3O3S. The van der Waals surface area contributed by atoms with Crippen LogP contribution in [0.15, 0.2) is 66.3 Å². The van der Waals surface area contributed by atoms with Crippen molar-refractivity contribution in [2.45, 2.75) is 31.1 Å². The van der Waals surface area contributed by atoms with Gasteiger partial charge in [0.15, 0.2) is 34.4 Å². The van der Waals surface area contributed by atoms with Crippen LogP contribution in [0, 0.1) is 0 Å². The van der Waals surface area contributed by atoms with Crippen LogP contribution >= 0.6 is 11.8 Å². The largest absolute Gasteiger partial charge is 0.485 e. The number of aryl methyl sites for hydroxylation is 1. The summed E-state index contributed by atoms with van der Waals surface area (Å²) in [5.41, 5.74) is 1.92. The molecule has 0 unspecified atom stereocenters. The second-order valence-electron chi connectivity index (χ2n) is 6.87. The molecule has 6 nitrogen and oxygen atoms in total. The number of Topliss-reactive ketones (excluding diaryl/α,β-unsaturated/α-hetero) is 1. The Morgan fingerprint density at radius 1 is 1.20 bits per heavy atom. The summed E-state index contributed by atoms with van der Waals surface area (Å²) in [6, 6.07) is 15.3. The molecule has 0 saturated carbocycles. The predicted molar refractivity (Wildman–Crippen MR) is 116 cm³/mol. The van der Waals surface area contributed by atoms with E-state index in [1.807, 2.05) is 53.1 Å². The van der Waals surface area contributed by atoms with Gasteiger partial charge in [-0.1, -0.05) is 61.2 Å². The molecule has 0 saturated heterocycles. The molecule has 2 heterocycles. The highest BCUT2D eigenvalue weighted by atomic mass is 32.2. The number of ether oxygens (including phenoxy) is 2. The molecule has 7 heteroatoms. The average molecular weight is 422 g/mol. The van der Waals surface area contributed by atoms with Gasteiger partial charge < -0.3 is 9.47 Å². The first-order chi connectivity index (χ1) is 14.7. The molecule has 154 valence electrons. The van der Waals surface area contributed by atoms with E-state index in [4.69, 9.17) is 9.47 Å². The van der Waals surface area contributed by atoms with E-state index >= 15 is 0 Å². The fourth-order valence-electron chi connectivity index (χ4n) is 3.23. The fraction of sp³-hybridized carbons (Fsp3) is 0.261. The number of carbonyl (C=O) groups excluding carboxylic acids is 1. The van der Waals surface area contributed by atoms with Crippen LogP contribution in [-0.2, 0) is 13.0 Å². The van der Waals surface area contributed by atoms with E-state index in [0.717, 1.165) is 12.2 Å². The second-order valence-corrected chi connectivity index (χ2v) is 7.81. The Labute approximate surface area is 179 Å². The molecule has 1 aliphatic rings. The van der Waals surface area contributed by atoms with Crippen LogP contribution < -0.4 is 9.47 Å².